The molecule has 1 unspecified atom stereocenters. The molecule has 0 heterocycles. The quantitative estimate of drug-likeness (QED) is 0.893. The summed E-state index contributed by atoms with van der Waals surface area (Å²) in [5, 5.41) is 0. The van der Waals surface area contributed by atoms with E-state index in [2.05, 4.69) is 30.7 Å². The highest BCUT2D eigenvalue weighted by molar-refractivity contribution is 7.88. The van der Waals surface area contributed by atoms with Crippen LogP contribution in [0.3, 0.4) is 0 Å². The Hall–Kier alpha value is -0.870. The minimum atomic E-state index is -3.19. The zero-order valence-electron chi connectivity index (χ0n) is 11.8. The van der Waals surface area contributed by atoms with Crippen LogP contribution in [0.5, 0.6) is 0 Å². The van der Waals surface area contributed by atoms with Crippen LogP contribution in [-0.2, 0) is 10.0 Å². The van der Waals surface area contributed by atoms with Crippen LogP contribution in [0.1, 0.15) is 50.8 Å². The molecule has 1 rings (SSSR count). The predicted octanol–water partition coefficient (Wildman–Crippen LogP) is 3.06. The van der Waals surface area contributed by atoms with E-state index in [0.717, 1.165) is 5.56 Å². The van der Waals surface area contributed by atoms with Gasteiger partial charge in [-0.3, -0.25) is 0 Å². The van der Waals surface area contributed by atoms with Gasteiger partial charge in [0.1, 0.15) is 0 Å². The second-order valence-corrected chi connectivity index (χ2v) is 7.21. The highest BCUT2D eigenvalue weighted by Gasteiger charge is 2.19. The maximum Gasteiger partial charge on any atom is 0.209 e. The molecule has 0 aliphatic heterocycles. The lowest BCUT2D eigenvalue weighted by atomic mass is 9.94. The van der Waals surface area contributed by atoms with Gasteiger partial charge in [0.05, 0.1) is 6.26 Å². The molecule has 1 atom stereocenters. The molecule has 0 aliphatic carbocycles. The van der Waals surface area contributed by atoms with Crippen molar-refractivity contribution in [2.45, 2.75) is 39.7 Å². The molecular formula is C14H23NO2S. The van der Waals surface area contributed by atoms with Gasteiger partial charge in [-0.15, -0.1) is 0 Å². The molecule has 0 fully saturated rings. The van der Waals surface area contributed by atoms with Gasteiger partial charge in [-0.25, -0.2) is 13.1 Å². The Morgan fingerprint density at radius 3 is 1.72 bits per heavy atom. The van der Waals surface area contributed by atoms with E-state index in [-0.39, 0.29) is 12.0 Å². The Kier molecular flexibility index (Phi) is 4.93. The van der Waals surface area contributed by atoms with Crippen LogP contribution < -0.4 is 4.72 Å². The Balaban J connectivity index is 3.00. The van der Waals surface area contributed by atoms with Gasteiger partial charge in [0.15, 0.2) is 0 Å². The molecule has 0 radical (unpaired) electrons. The first-order chi connectivity index (χ1) is 8.20. The van der Waals surface area contributed by atoms with E-state index in [4.69, 9.17) is 0 Å². The molecule has 3 nitrogen and oxygen atoms in total. The average Bonchev–Trinajstić information content (AvgIpc) is 2.24. The molecule has 0 bridgehead atoms. The Bertz CT molecular complexity index is 475. The van der Waals surface area contributed by atoms with Crippen LogP contribution in [0, 0.1) is 5.92 Å². The minimum Gasteiger partial charge on any atom is -0.213 e. The van der Waals surface area contributed by atoms with E-state index in [9.17, 15) is 8.42 Å². The molecule has 1 aromatic carbocycles. The SMILES string of the molecule is CC(C)c1ccc(C(NS(C)(=O)=O)C(C)C)cc1. The normalized spacial score (nSPS) is 14.2. The number of nitrogens with one attached hydrogen (secondary N) is 1. The van der Waals surface area contributed by atoms with Crippen molar-refractivity contribution in [3.8, 4) is 0 Å². The summed E-state index contributed by atoms with van der Waals surface area (Å²) in [6.45, 7) is 8.31. The highest BCUT2D eigenvalue weighted by atomic mass is 32.2. The van der Waals surface area contributed by atoms with Crippen molar-refractivity contribution < 1.29 is 8.42 Å². The van der Waals surface area contributed by atoms with Gasteiger partial charge in [0.2, 0.25) is 10.0 Å². The number of hydrogen-bond acceptors (Lipinski definition) is 2. The molecule has 18 heavy (non-hydrogen) atoms. The van der Waals surface area contributed by atoms with Crippen LogP contribution in [0.25, 0.3) is 0 Å². The molecule has 102 valence electrons. The molecule has 1 N–H and O–H groups in total. The Labute approximate surface area is 111 Å². The third kappa shape index (κ3) is 4.42. The van der Waals surface area contributed by atoms with Crippen LogP contribution in [0.4, 0.5) is 0 Å². The average molecular weight is 269 g/mol. The summed E-state index contributed by atoms with van der Waals surface area (Å²) in [5.41, 5.74) is 2.28. The van der Waals surface area contributed by atoms with Crippen molar-refractivity contribution in [2.24, 2.45) is 5.92 Å². The molecule has 0 aliphatic rings. The molecule has 0 aromatic heterocycles. The highest BCUT2D eigenvalue weighted by Crippen LogP contribution is 2.24. The summed E-state index contributed by atoms with van der Waals surface area (Å²) in [5.74, 6) is 0.698. The van der Waals surface area contributed by atoms with Crippen LogP contribution in [0.15, 0.2) is 24.3 Å². The third-order valence-corrected chi connectivity index (χ3v) is 3.65. The second kappa shape index (κ2) is 5.85. The summed E-state index contributed by atoms with van der Waals surface area (Å²) >= 11 is 0. The summed E-state index contributed by atoms with van der Waals surface area (Å²) in [4.78, 5) is 0. The fraction of sp³-hybridized carbons (Fsp3) is 0.571. The van der Waals surface area contributed by atoms with Gasteiger partial charge in [-0.2, -0.15) is 0 Å². The maximum atomic E-state index is 11.4. The lowest BCUT2D eigenvalue weighted by molar-refractivity contribution is 0.465. The first-order valence-electron chi connectivity index (χ1n) is 6.28. The van der Waals surface area contributed by atoms with Crippen molar-refractivity contribution in [3.05, 3.63) is 35.4 Å². The van der Waals surface area contributed by atoms with E-state index in [1.165, 1.54) is 11.8 Å². The molecule has 1 aromatic rings. The Morgan fingerprint density at radius 2 is 1.39 bits per heavy atom. The summed E-state index contributed by atoms with van der Waals surface area (Å²) < 4.78 is 25.5. The zero-order valence-corrected chi connectivity index (χ0v) is 12.6. The van der Waals surface area contributed by atoms with Crippen molar-refractivity contribution in [1.29, 1.82) is 0 Å². The fourth-order valence-corrected chi connectivity index (χ4v) is 2.78. The van der Waals surface area contributed by atoms with E-state index in [1.807, 2.05) is 26.0 Å². The Morgan fingerprint density at radius 1 is 0.944 bits per heavy atom. The molecule has 4 heteroatoms. The van der Waals surface area contributed by atoms with Crippen molar-refractivity contribution >= 4 is 10.0 Å². The molecule has 0 saturated heterocycles. The monoisotopic (exact) mass is 269 g/mol. The second-order valence-electron chi connectivity index (χ2n) is 5.43. The van der Waals surface area contributed by atoms with E-state index < -0.39 is 10.0 Å². The lowest BCUT2D eigenvalue weighted by Crippen LogP contribution is -2.30. The van der Waals surface area contributed by atoms with Gasteiger partial charge < -0.3 is 0 Å². The van der Waals surface area contributed by atoms with Crippen LogP contribution >= 0.6 is 0 Å². The van der Waals surface area contributed by atoms with E-state index >= 15 is 0 Å². The topological polar surface area (TPSA) is 46.2 Å². The number of rotatable bonds is 5. The van der Waals surface area contributed by atoms with Crippen molar-refractivity contribution in [1.82, 2.24) is 4.72 Å². The minimum absolute atomic E-state index is 0.166. The molecular weight excluding hydrogens is 246 g/mol. The lowest BCUT2D eigenvalue weighted by Gasteiger charge is -2.22. The van der Waals surface area contributed by atoms with E-state index in [1.54, 1.807) is 0 Å². The molecule has 0 amide bonds. The predicted molar refractivity (Wildman–Crippen MR) is 76.1 cm³/mol. The number of sulfonamides is 1. The largest absolute Gasteiger partial charge is 0.213 e. The maximum absolute atomic E-state index is 11.4. The summed E-state index contributed by atoms with van der Waals surface area (Å²) in [6.07, 6.45) is 1.20. The number of benzene rings is 1. The first-order valence-corrected chi connectivity index (χ1v) is 8.17. The smallest absolute Gasteiger partial charge is 0.209 e. The third-order valence-electron chi connectivity index (χ3n) is 2.97. The van der Waals surface area contributed by atoms with E-state index in [0.29, 0.717) is 5.92 Å². The van der Waals surface area contributed by atoms with Crippen molar-refractivity contribution in [3.63, 3.8) is 0 Å². The van der Waals surface area contributed by atoms with Gasteiger partial charge in [0.25, 0.3) is 0 Å². The zero-order chi connectivity index (χ0) is 13.9. The molecule has 0 spiro atoms. The van der Waals surface area contributed by atoms with Gasteiger partial charge >= 0.3 is 0 Å². The fourth-order valence-electron chi connectivity index (χ4n) is 1.91. The van der Waals surface area contributed by atoms with Gasteiger partial charge in [-0.05, 0) is 23.0 Å². The van der Waals surface area contributed by atoms with Crippen LogP contribution in [0.2, 0.25) is 0 Å². The number of hydrogen-bond donors (Lipinski definition) is 1. The van der Waals surface area contributed by atoms with Crippen molar-refractivity contribution in [2.75, 3.05) is 6.26 Å². The van der Waals surface area contributed by atoms with Crippen LogP contribution in [-0.4, -0.2) is 14.7 Å². The van der Waals surface area contributed by atoms with Gasteiger partial charge in [0, 0.05) is 6.04 Å². The molecule has 0 saturated carbocycles. The summed E-state index contributed by atoms with van der Waals surface area (Å²) in [7, 11) is -3.19. The summed E-state index contributed by atoms with van der Waals surface area (Å²) in [6, 6.07) is 8.00. The van der Waals surface area contributed by atoms with Gasteiger partial charge in [-0.1, -0.05) is 52.0 Å². The first kappa shape index (κ1) is 15.2. The standard InChI is InChI=1S/C14H23NO2S/c1-10(2)12-6-8-13(9-7-12)14(11(3)4)15-18(5,16)17/h6-11,14-15H,1-5H3.